The van der Waals surface area contributed by atoms with Crippen LogP contribution in [-0.4, -0.2) is 61.9 Å². The van der Waals surface area contributed by atoms with Gasteiger partial charge in [0.05, 0.1) is 29.7 Å². The Hall–Kier alpha value is -4.69. The molecule has 4 aromatic rings. The number of rotatable bonds is 13. The number of aromatic nitrogens is 1. The third-order valence-corrected chi connectivity index (χ3v) is 11.6. The van der Waals surface area contributed by atoms with E-state index in [2.05, 4.69) is 15.6 Å². The van der Waals surface area contributed by atoms with Gasteiger partial charge in [0.2, 0.25) is 5.91 Å². The number of fused-ring (bicyclic) bond motifs is 1. The molecule has 0 radical (unpaired) electrons. The minimum absolute atomic E-state index is 0.0343. The summed E-state index contributed by atoms with van der Waals surface area (Å²) in [5.74, 6) is -2.41. The van der Waals surface area contributed by atoms with E-state index in [1.807, 2.05) is 0 Å². The summed E-state index contributed by atoms with van der Waals surface area (Å²) < 4.78 is 83.7. The first-order valence-electron chi connectivity index (χ1n) is 16.7. The predicted molar refractivity (Wildman–Crippen MR) is 182 cm³/mol. The van der Waals surface area contributed by atoms with Crippen LogP contribution in [0.5, 0.6) is 23.0 Å². The van der Waals surface area contributed by atoms with Gasteiger partial charge in [0.25, 0.3) is 0 Å². The zero-order valence-electron chi connectivity index (χ0n) is 27.8. The molecule has 51 heavy (non-hydrogen) atoms. The molecule has 2 saturated carbocycles. The fraction of sp³-hybridized carbons (Fsp3) is 0.378. The fourth-order valence-corrected chi connectivity index (χ4v) is 7.94. The van der Waals surface area contributed by atoms with Crippen molar-refractivity contribution in [1.29, 1.82) is 0 Å². The van der Waals surface area contributed by atoms with E-state index in [1.165, 1.54) is 31.5 Å². The molecular weight excluding hydrogens is 687 g/mol. The topological polar surface area (TPSA) is 133 Å². The third kappa shape index (κ3) is 7.52. The van der Waals surface area contributed by atoms with Crippen LogP contribution in [0.3, 0.4) is 0 Å². The number of ether oxygens (including phenoxy) is 3. The molecule has 14 heteroatoms. The van der Waals surface area contributed by atoms with Gasteiger partial charge in [-0.15, -0.1) is 0 Å². The third-order valence-electron chi connectivity index (χ3n) is 9.89. The molecular formula is C37H36F3N3O7S. The van der Waals surface area contributed by atoms with Crippen molar-refractivity contribution in [1.82, 2.24) is 10.3 Å². The molecule has 1 aliphatic heterocycles. The van der Waals surface area contributed by atoms with Crippen molar-refractivity contribution in [3.8, 4) is 23.0 Å². The lowest BCUT2D eigenvalue weighted by molar-refractivity contribution is -0.132. The molecule has 3 aromatic carbocycles. The van der Waals surface area contributed by atoms with Gasteiger partial charge in [0.1, 0.15) is 27.6 Å². The molecule has 1 saturated heterocycles. The lowest BCUT2D eigenvalue weighted by Crippen LogP contribution is -2.47. The summed E-state index contributed by atoms with van der Waals surface area (Å²) in [5.41, 5.74) is -0.639. The number of Topliss-reactive ketones (excluding diaryl/α,β-unsaturated/α-hetero) is 1. The standard InChI is InChI=1S/C37H36F3N3O7S/c1-48-32-19-25-29(20-33(32)49-21-36(9-10-36)43-23-7-14-51(46,47)15-8-23)41-13-6-30(25)50-31-5-2-22(16-28(31)40)17-34(44)37(11-12-37)35(45)42-24-3-4-26(38)27(39)18-24/h2-6,13,16,18-20,23,43H,7-12,14-15,17,21H2,1H3,(H,42,45). The van der Waals surface area contributed by atoms with Crippen molar-refractivity contribution in [3.63, 3.8) is 0 Å². The SMILES string of the molecule is COc1cc2c(Oc3ccc(CC(=O)C4(C(=O)Nc5ccc(F)c(F)c5)CC4)cc3F)ccnc2cc1OCC1(NC2CCS(=O)(=O)CC2)CC1. The molecule has 0 bridgehead atoms. The number of sulfone groups is 1. The molecule has 2 heterocycles. The van der Waals surface area contributed by atoms with Crippen molar-refractivity contribution < 1.29 is 45.4 Å². The van der Waals surface area contributed by atoms with Crippen molar-refractivity contribution >= 4 is 38.1 Å². The van der Waals surface area contributed by atoms with Crippen molar-refractivity contribution in [2.75, 3.05) is 30.5 Å². The van der Waals surface area contributed by atoms with Gasteiger partial charge in [-0.1, -0.05) is 6.07 Å². The van der Waals surface area contributed by atoms with Crippen LogP contribution in [0.25, 0.3) is 10.9 Å². The van der Waals surface area contributed by atoms with Gasteiger partial charge in [-0.05, 0) is 80.5 Å². The fourth-order valence-electron chi connectivity index (χ4n) is 6.45. The average molecular weight is 724 g/mol. The summed E-state index contributed by atoms with van der Waals surface area (Å²) in [4.78, 5) is 30.5. The van der Waals surface area contributed by atoms with Gasteiger partial charge in [-0.25, -0.2) is 21.6 Å². The number of amides is 1. The van der Waals surface area contributed by atoms with E-state index in [0.717, 1.165) is 25.0 Å². The molecule has 2 aliphatic carbocycles. The smallest absolute Gasteiger partial charge is 0.238 e. The summed E-state index contributed by atoms with van der Waals surface area (Å²) in [6.45, 7) is 0.369. The second-order valence-corrected chi connectivity index (χ2v) is 15.9. The van der Waals surface area contributed by atoms with E-state index in [4.69, 9.17) is 14.2 Å². The van der Waals surface area contributed by atoms with Gasteiger partial charge in [0, 0.05) is 41.9 Å². The number of anilines is 1. The highest BCUT2D eigenvalue weighted by Crippen LogP contribution is 2.48. The summed E-state index contributed by atoms with van der Waals surface area (Å²) >= 11 is 0. The Bertz CT molecular complexity index is 2120. The quantitative estimate of drug-likeness (QED) is 0.158. The van der Waals surface area contributed by atoms with E-state index in [-0.39, 0.29) is 40.9 Å². The molecule has 1 aromatic heterocycles. The summed E-state index contributed by atoms with van der Waals surface area (Å²) in [6.07, 6.45) is 4.90. The van der Waals surface area contributed by atoms with Crippen LogP contribution in [0.15, 0.2) is 60.8 Å². The van der Waals surface area contributed by atoms with E-state index in [0.29, 0.717) is 66.0 Å². The van der Waals surface area contributed by atoms with E-state index < -0.39 is 44.4 Å². The molecule has 0 unspecified atom stereocenters. The molecule has 3 aliphatic rings. The first kappa shape index (κ1) is 34.7. The number of methoxy groups -OCH3 is 1. The maximum Gasteiger partial charge on any atom is 0.238 e. The number of carbonyl (C=O) groups excluding carboxylic acids is 2. The van der Waals surface area contributed by atoms with Gasteiger partial charge in [-0.3, -0.25) is 14.6 Å². The largest absolute Gasteiger partial charge is 0.493 e. The minimum Gasteiger partial charge on any atom is -0.493 e. The van der Waals surface area contributed by atoms with E-state index in [9.17, 15) is 26.8 Å². The average Bonchev–Trinajstić information content (AvgIpc) is 4.04. The van der Waals surface area contributed by atoms with Gasteiger partial charge < -0.3 is 24.8 Å². The number of benzene rings is 3. The number of hydrogen-bond donors (Lipinski definition) is 2. The number of pyridine rings is 1. The zero-order valence-corrected chi connectivity index (χ0v) is 28.6. The van der Waals surface area contributed by atoms with Crippen LogP contribution >= 0.6 is 0 Å². The molecule has 10 nitrogen and oxygen atoms in total. The number of hydrogen-bond acceptors (Lipinski definition) is 9. The number of carbonyl (C=O) groups is 2. The summed E-state index contributed by atoms with van der Waals surface area (Å²) in [5, 5.41) is 6.64. The van der Waals surface area contributed by atoms with Gasteiger partial charge in [-0.2, -0.15) is 0 Å². The highest BCUT2D eigenvalue weighted by Gasteiger charge is 2.55. The minimum atomic E-state index is -2.95. The monoisotopic (exact) mass is 723 g/mol. The van der Waals surface area contributed by atoms with Crippen LogP contribution in [0.4, 0.5) is 18.9 Å². The number of nitrogens with zero attached hydrogens (tertiary/aromatic N) is 1. The molecule has 268 valence electrons. The highest BCUT2D eigenvalue weighted by atomic mass is 32.2. The van der Waals surface area contributed by atoms with Gasteiger partial charge in [0.15, 0.2) is 40.5 Å². The Morgan fingerprint density at radius 2 is 1.63 bits per heavy atom. The van der Waals surface area contributed by atoms with Crippen molar-refractivity contribution in [3.05, 3.63) is 83.8 Å². The van der Waals surface area contributed by atoms with Crippen molar-refractivity contribution in [2.24, 2.45) is 5.41 Å². The Labute approximate surface area is 292 Å². The van der Waals surface area contributed by atoms with Crippen LogP contribution in [0.2, 0.25) is 0 Å². The maximum absolute atomic E-state index is 15.4. The molecule has 3 fully saturated rings. The van der Waals surface area contributed by atoms with E-state index >= 15 is 4.39 Å². The van der Waals surface area contributed by atoms with E-state index in [1.54, 1.807) is 24.3 Å². The Kier molecular flexibility index (Phi) is 9.17. The number of halogens is 3. The Balaban J connectivity index is 1.01. The van der Waals surface area contributed by atoms with Crippen LogP contribution in [0.1, 0.15) is 44.1 Å². The molecule has 1 amide bonds. The lowest BCUT2D eigenvalue weighted by Gasteiger charge is -2.28. The van der Waals surface area contributed by atoms with Crippen LogP contribution in [0, 0.1) is 22.9 Å². The highest BCUT2D eigenvalue weighted by molar-refractivity contribution is 7.91. The first-order valence-corrected chi connectivity index (χ1v) is 18.5. The molecule has 2 N–H and O–H groups in total. The van der Waals surface area contributed by atoms with Crippen LogP contribution in [-0.2, 0) is 25.8 Å². The second-order valence-electron chi connectivity index (χ2n) is 13.6. The molecule has 0 atom stereocenters. The van der Waals surface area contributed by atoms with Gasteiger partial charge >= 0.3 is 0 Å². The predicted octanol–water partition coefficient (Wildman–Crippen LogP) is 6.06. The zero-order chi connectivity index (χ0) is 36.0. The number of ketones is 1. The Morgan fingerprint density at radius 3 is 2.29 bits per heavy atom. The molecule has 0 spiro atoms. The summed E-state index contributed by atoms with van der Waals surface area (Å²) in [7, 11) is -1.44. The van der Waals surface area contributed by atoms with Crippen molar-refractivity contribution in [2.45, 2.75) is 56.5 Å². The summed E-state index contributed by atoms with van der Waals surface area (Å²) in [6, 6.07) is 12.2. The first-order chi connectivity index (χ1) is 24.4. The normalized spacial score (nSPS) is 18.5. The lowest BCUT2D eigenvalue weighted by atomic mass is 9.94. The Morgan fingerprint density at radius 1 is 0.863 bits per heavy atom. The maximum atomic E-state index is 15.4. The molecule has 7 rings (SSSR count). The number of nitrogens with one attached hydrogen (secondary N) is 2. The second kappa shape index (κ2) is 13.5. The van der Waals surface area contributed by atoms with Crippen LogP contribution < -0.4 is 24.8 Å².